The van der Waals surface area contributed by atoms with Crippen LogP contribution in [0.2, 0.25) is 0 Å². The molecule has 3 aromatic rings. The molecule has 0 spiro atoms. The van der Waals surface area contributed by atoms with E-state index in [-0.39, 0.29) is 16.4 Å². The Labute approximate surface area is 215 Å². The number of hydrogen-bond acceptors (Lipinski definition) is 8. The van der Waals surface area contributed by atoms with Gasteiger partial charge in [-0.3, -0.25) is 9.10 Å². The SMILES string of the molecule is COC(=O)Oc1ccc(/C=N\NC(=O)CN(c2ccc(C)cc2)S(=O)(=O)c2ccc(C)cc2)cc1OC. The summed E-state index contributed by atoms with van der Waals surface area (Å²) in [6.45, 7) is 3.24. The third-order valence-corrected chi connectivity index (χ3v) is 6.96. The quantitative estimate of drug-likeness (QED) is 0.195. The molecule has 3 rings (SSSR count). The van der Waals surface area contributed by atoms with Crippen molar-refractivity contribution in [2.75, 3.05) is 25.1 Å². The van der Waals surface area contributed by atoms with Gasteiger partial charge in [0.1, 0.15) is 6.54 Å². The number of amides is 1. The van der Waals surface area contributed by atoms with Crippen LogP contribution >= 0.6 is 0 Å². The zero-order chi connectivity index (χ0) is 27.0. The molecule has 0 saturated carbocycles. The number of benzene rings is 3. The second kappa shape index (κ2) is 12.0. The van der Waals surface area contributed by atoms with E-state index < -0.39 is 28.6 Å². The first-order chi connectivity index (χ1) is 17.6. The van der Waals surface area contributed by atoms with Crippen molar-refractivity contribution in [2.45, 2.75) is 18.7 Å². The molecule has 0 atom stereocenters. The van der Waals surface area contributed by atoms with Gasteiger partial charge >= 0.3 is 6.16 Å². The van der Waals surface area contributed by atoms with Gasteiger partial charge in [-0.05, 0) is 61.9 Å². The lowest BCUT2D eigenvalue weighted by Crippen LogP contribution is -2.39. The first-order valence-corrected chi connectivity index (χ1v) is 12.5. The number of ether oxygens (including phenoxy) is 3. The molecule has 37 heavy (non-hydrogen) atoms. The Bertz CT molecular complexity index is 1390. The molecule has 194 valence electrons. The fraction of sp³-hybridized carbons (Fsp3) is 0.192. The van der Waals surface area contributed by atoms with Crippen molar-refractivity contribution >= 4 is 34.0 Å². The van der Waals surface area contributed by atoms with Crippen LogP contribution in [0.15, 0.2) is 76.7 Å². The Hall–Kier alpha value is -4.38. The Morgan fingerprint density at radius 1 is 0.919 bits per heavy atom. The number of hydrogen-bond donors (Lipinski definition) is 1. The van der Waals surface area contributed by atoms with E-state index in [2.05, 4.69) is 15.3 Å². The molecule has 0 unspecified atom stereocenters. The summed E-state index contributed by atoms with van der Waals surface area (Å²) in [5.74, 6) is -0.258. The smallest absolute Gasteiger partial charge is 0.493 e. The first-order valence-electron chi connectivity index (χ1n) is 11.1. The number of carbonyl (C=O) groups is 2. The number of nitrogens with one attached hydrogen (secondary N) is 1. The number of carbonyl (C=O) groups excluding carboxylic acids is 2. The van der Waals surface area contributed by atoms with E-state index in [9.17, 15) is 18.0 Å². The fourth-order valence-corrected chi connectivity index (χ4v) is 4.61. The van der Waals surface area contributed by atoms with Crippen LogP contribution in [0.4, 0.5) is 10.5 Å². The molecule has 11 heteroatoms. The highest BCUT2D eigenvalue weighted by atomic mass is 32.2. The maximum atomic E-state index is 13.4. The number of rotatable bonds is 9. The zero-order valence-corrected chi connectivity index (χ0v) is 21.6. The molecule has 0 aromatic heterocycles. The summed E-state index contributed by atoms with van der Waals surface area (Å²) in [6.07, 6.45) is 0.443. The number of anilines is 1. The van der Waals surface area contributed by atoms with Crippen LogP contribution in [-0.4, -0.2) is 47.5 Å². The van der Waals surface area contributed by atoms with Crippen LogP contribution < -0.4 is 19.2 Å². The van der Waals surface area contributed by atoms with E-state index in [1.807, 2.05) is 13.8 Å². The van der Waals surface area contributed by atoms with E-state index in [1.165, 1.54) is 44.7 Å². The number of sulfonamides is 1. The van der Waals surface area contributed by atoms with E-state index >= 15 is 0 Å². The van der Waals surface area contributed by atoms with Gasteiger partial charge in [-0.25, -0.2) is 18.6 Å². The summed E-state index contributed by atoms with van der Waals surface area (Å²) < 4.78 is 42.5. The molecule has 1 amide bonds. The zero-order valence-electron chi connectivity index (χ0n) is 20.8. The van der Waals surface area contributed by atoms with E-state index in [4.69, 9.17) is 9.47 Å². The van der Waals surface area contributed by atoms with Crippen LogP contribution in [-0.2, 0) is 19.6 Å². The molecular weight excluding hydrogens is 498 g/mol. The van der Waals surface area contributed by atoms with E-state index in [0.29, 0.717) is 11.3 Å². The lowest BCUT2D eigenvalue weighted by Gasteiger charge is -2.24. The van der Waals surface area contributed by atoms with Gasteiger partial charge < -0.3 is 14.2 Å². The van der Waals surface area contributed by atoms with Gasteiger partial charge in [0.15, 0.2) is 11.5 Å². The number of nitrogens with zero attached hydrogens (tertiary/aromatic N) is 2. The third kappa shape index (κ3) is 7.07. The molecule has 0 radical (unpaired) electrons. The molecule has 3 aromatic carbocycles. The van der Waals surface area contributed by atoms with Gasteiger partial charge in [0.2, 0.25) is 0 Å². The fourth-order valence-electron chi connectivity index (χ4n) is 3.19. The lowest BCUT2D eigenvalue weighted by atomic mass is 10.2. The molecular formula is C26H27N3O7S. The highest BCUT2D eigenvalue weighted by molar-refractivity contribution is 7.92. The first kappa shape index (κ1) is 27.2. The minimum Gasteiger partial charge on any atom is -0.493 e. The molecule has 0 heterocycles. The van der Waals surface area contributed by atoms with Gasteiger partial charge in [-0.15, -0.1) is 0 Å². The largest absolute Gasteiger partial charge is 0.513 e. The molecule has 1 N–H and O–H groups in total. The minimum absolute atomic E-state index is 0.0661. The van der Waals surface area contributed by atoms with Crippen molar-refractivity contribution in [2.24, 2.45) is 5.10 Å². The standard InChI is InChI=1S/C26H27N3O7S/c1-18-5-10-21(11-6-18)29(37(32,33)22-12-7-19(2)8-13-22)17-25(30)28-27-16-20-9-14-23(24(15-20)34-3)36-26(31)35-4/h5-16H,17H2,1-4H3,(H,28,30)/b27-16-. The van der Waals surface area contributed by atoms with Crippen LogP contribution in [0.3, 0.4) is 0 Å². The van der Waals surface area contributed by atoms with Crippen molar-refractivity contribution in [3.05, 3.63) is 83.4 Å². The predicted molar refractivity (Wildman–Crippen MR) is 139 cm³/mol. The van der Waals surface area contributed by atoms with Gasteiger partial charge in [0.05, 0.1) is 31.0 Å². The molecule has 0 bridgehead atoms. The molecule has 0 saturated heterocycles. The summed E-state index contributed by atoms with van der Waals surface area (Å²) >= 11 is 0. The summed E-state index contributed by atoms with van der Waals surface area (Å²) in [4.78, 5) is 24.1. The maximum absolute atomic E-state index is 13.4. The maximum Gasteiger partial charge on any atom is 0.513 e. The Morgan fingerprint density at radius 2 is 1.54 bits per heavy atom. The number of hydrazone groups is 1. The normalized spacial score (nSPS) is 11.1. The second-order valence-corrected chi connectivity index (χ2v) is 9.78. The van der Waals surface area contributed by atoms with Gasteiger partial charge in [0, 0.05) is 0 Å². The van der Waals surface area contributed by atoms with Gasteiger partial charge in [-0.2, -0.15) is 5.10 Å². The molecule has 10 nitrogen and oxygen atoms in total. The van der Waals surface area contributed by atoms with Crippen LogP contribution in [0.1, 0.15) is 16.7 Å². The summed E-state index contributed by atoms with van der Waals surface area (Å²) in [5, 5.41) is 3.92. The van der Waals surface area contributed by atoms with Crippen LogP contribution in [0.25, 0.3) is 0 Å². The summed E-state index contributed by atoms with van der Waals surface area (Å²) in [7, 11) is -1.45. The molecule has 0 aliphatic carbocycles. The third-order valence-electron chi connectivity index (χ3n) is 5.17. The highest BCUT2D eigenvalue weighted by Gasteiger charge is 2.27. The average Bonchev–Trinajstić information content (AvgIpc) is 2.88. The Morgan fingerprint density at radius 3 is 2.14 bits per heavy atom. The van der Waals surface area contributed by atoms with E-state index in [0.717, 1.165) is 15.4 Å². The monoisotopic (exact) mass is 525 g/mol. The average molecular weight is 526 g/mol. The van der Waals surface area contributed by atoms with Gasteiger partial charge in [0.25, 0.3) is 15.9 Å². The summed E-state index contributed by atoms with van der Waals surface area (Å²) in [5.41, 5.74) is 5.08. The highest BCUT2D eigenvalue weighted by Crippen LogP contribution is 2.28. The van der Waals surface area contributed by atoms with Crippen molar-refractivity contribution in [3.8, 4) is 11.5 Å². The number of methoxy groups -OCH3 is 2. The van der Waals surface area contributed by atoms with Crippen LogP contribution in [0, 0.1) is 13.8 Å². The molecule has 0 aliphatic heterocycles. The second-order valence-electron chi connectivity index (χ2n) is 7.92. The number of aryl methyl sites for hydroxylation is 2. The molecule has 0 fully saturated rings. The van der Waals surface area contributed by atoms with Crippen molar-refractivity contribution in [1.29, 1.82) is 0 Å². The van der Waals surface area contributed by atoms with Crippen molar-refractivity contribution in [3.63, 3.8) is 0 Å². The van der Waals surface area contributed by atoms with Crippen molar-refractivity contribution in [1.82, 2.24) is 5.43 Å². The lowest BCUT2D eigenvalue weighted by molar-refractivity contribution is -0.119. The van der Waals surface area contributed by atoms with Crippen molar-refractivity contribution < 1.29 is 32.2 Å². The molecule has 0 aliphatic rings. The minimum atomic E-state index is -4.03. The predicted octanol–water partition coefficient (Wildman–Crippen LogP) is 3.80. The Kier molecular flexibility index (Phi) is 8.86. The topological polar surface area (TPSA) is 124 Å². The van der Waals surface area contributed by atoms with Crippen LogP contribution in [0.5, 0.6) is 11.5 Å². The summed E-state index contributed by atoms with van der Waals surface area (Å²) in [6, 6.07) is 17.8. The van der Waals surface area contributed by atoms with E-state index in [1.54, 1.807) is 42.5 Å². The van der Waals surface area contributed by atoms with Gasteiger partial charge in [-0.1, -0.05) is 35.4 Å². The Balaban J connectivity index is 1.78.